The predicted molar refractivity (Wildman–Crippen MR) is 87.4 cm³/mol. The maximum Gasteiger partial charge on any atom is 0.414 e. The average Bonchev–Trinajstić information content (AvgIpc) is 2.93. The summed E-state index contributed by atoms with van der Waals surface area (Å²) in [5.74, 6) is -4.50. The first-order chi connectivity index (χ1) is 12.3. The highest BCUT2D eigenvalue weighted by molar-refractivity contribution is 6.27. The Hall–Kier alpha value is -2.81. The number of hydrogen-bond donors (Lipinski definition) is 4. The smallest absolute Gasteiger partial charge is 0.414 e. The summed E-state index contributed by atoms with van der Waals surface area (Å²) in [5.41, 5.74) is 0.267. The third kappa shape index (κ3) is 5.09. The van der Waals surface area contributed by atoms with Gasteiger partial charge in [-0.1, -0.05) is 12.2 Å². The maximum absolute atomic E-state index is 13.0. The van der Waals surface area contributed by atoms with Crippen molar-refractivity contribution in [2.24, 2.45) is 11.8 Å². The van der Waals surface area contributed by atoms with E-state index in [4.69, 9.17) is 19.8 Å². The number of carboxylic acids is 2. The van der Waals surface area contributed by atoms with Crippen molar-refractivity contribution in [1.29, 1.82) is 0 Å². The highest BCUT2D eigenvalue weighted by Gasteiger charge is 2.40. The number of amides is 1. The number of anilines is 1. The minimum absolute atomic E-state index is 0.181. The number of hydrogen-bond acceptors (Lipinski definition) is 4. The monoisotopic (exact) mass is 368 g/mol. The predicted octanol–water partition coefficient (Wildman–Crippen LogP) is 1.61. The Balaban J connectivity index is 0.000000352. The molecule has 4 N–H and O–H groups in total. The molecule has 1 aromatic rings. The van der Waals surface area contributed by atoms with Crippen molar-refractivity contribution in [2.75, 3.05) is 11.9 Å². The number of carbonyl (C=O) groups is 3. The molecule has 3 atom stereocenters. The molecule has 0 radical (unpaired) electrons. The fourth-order valence-electron chi connectivity index (χ4n) is 2.95. The highest BCUT2D eigenvalue weighted by Crippen LogP contribution is 2.42. The lowest BCUT2D eigenvalue weighted by Gasteiger charge is -2.40. The van der Waals surface area contributed by atoms with Crippen LogP contribution in [0.3, 0.4) is 0 Å². The molecule has 0 aliphatic heterocycles. The van der Waals surface area contributed by atoms with E-state index >= 15 is 0 Å². The molecule has 140 valence electrons. The van der Waals surface area contributed by atoms with Gasteiger partial charge < -0.3 is 20.8 Å². The summed E-state index contributed by atoms with van der Waals surface area (Å²) in [6.45, 7) is 0.181. The molecule has 3 unspecified atom stereocenters. The van der Waals surface area contributed by atoms with Crippen molar-refractivity contribution < 1.29 is 33.4 Å². The van der Waals surface area contributed by atoms with E-state index in [-0.39, 0.29) is 18.1 Å². The third-order valence-electron chi connectivity index (χ3n) is 4.27. The molecule has 1 amide bonds. The summed E-state index contributed by atoms with van der Waals surface area (Å²) >= 11 is 0. The zero-order valence-corrected chi connectivity index (χ0v) is 13.6. The second-order valence-corrected chi connectivity index (χ2v) is 6.01. The first-order valence-corrected chi connectivity index (χ1v) is 7.89. The standard InChI is InChI=1S/C15H16F2N2O.C2H2O4/c16-12-5-4-10(7-13(12)17)19-15(20)8-18-14-6-9-2-1-3-11(9)14;3-1(4)2(5)6/h1,3-5,7,9,11,14,18H,2,6,8H2,(H,19,20);(H,3,4)(H,5,6). The van der Waals surface area contributed by atoms with Crippen LogP contribution >= 0.6 is 0 Å². The van der Waals surface area contributed by atoms with Gasteiger partial charge in [0, 0.05) is 17.8 Å². The number of allylic oxidation sites excluding steroid dienone is 1. The summed E-state index contributed by atoms with van der Waals surface area (Å²) in [6.07, 6.45) is 6.64. The second-order valence-electron chi connectivity index (χ2n) is 6.01. The van der Waals surface area contributed by atoms with Gasteiger partial charge in [-0.2, -0.15) is 0 Å². The SMILES string of the molecule is O=C(CNC1CC2CC=CC21)Nc1ccc(F)c(F)c1.O=C(O)C(=O)O. The number of rotatable bonds is 4. The molecule has 0 saturated heterocycles. The number of fused-ring (bicyclic) bond motifs is 1. The quantitative estimate of drug-likeness (QED) is 0.474. The van der Waals surface area contributed by atoms with Gasteiger partial charge in [-0.05, 0) is 36.8 Å². The van der Waals surface area contributed by atoms with Crippen molar-refractivity contribution in [1.82, 2.24) is 5.32 Å². The van der Waals surface area contributed by atoms with Gasteiger partial charge >= 0.3 is 11.9 Å². The van der Waals surface area contributed by atoms with Crippen LogP contribution in [0.5, 0.6) is 0 Å². The van der Waals surface area contributed by atoms with Crippen molar-refractivity contribution >= 4 is 23.5 Å². The number of benzene rings is 1. The molecule has 1 fully saturated rings. The summed E-state index contributed by atoms with van der Waals surface area (Å²) < 4.78 is 25.8. The fraction of sp³-hybridized carbons (Fsp3) is 0.353. The van der Waals surface area contributed by atoms with Gasteiger partial charge in [-0.3, -0.25) is 4.79 Å². The molecule has 2 aliphatic rings. The number of halogens is 2. The highest BCUT2D eigenvalue weighted by atomic mass is 19.2. The Labute approximate surface area is 147 Å². The Morgan fingerprint density at radius 2 is 1.81 bits per heavy atom. The van der Waals surface area contributed by atoms with Gasteiger partial charge in [0.05, 0.1) is 6.54 Å². The van der Waals surface area contributed by atoms with Crippen molar-refractivity contribution in [3.63, 3.8) is 0 Å². The summed E-state index contributed by atoms with van der Waals surface area (Å²) in [7, 11) is 0. The van der Waals surface area contributed by atoms with Crippen molar-refractivity contribution in [2.45, 2.75) is 18.9 Å². The van der Waals surface area contributed by atoms with Gasteiger partial charge in [0.2, 0.25) is 5.91 Å². The van der Waals surface area contributed by atoms with E-state index in [1.165, 1.54) is 6.07 Å². The van der Waals surface area contributed by atoms with Gasteiger partial charge in [0.25, 0.3) is 0 Å². The van der Waals surface area contributed by atoms with Gasteiger partial charge in [0.1, 0.15) is 0 Å². The van der Waals surface area contributed by atoms with E-state index in [0.717, 1.165) is 30.9 Å². The Morgan fingerprint density at radius 1 is 1.12 bits per heavy atom. The van der Waals surface area contributed by atoms with E-state index in [1.807, 2.05) is 0 Å². The minimum Gasteiger partial charge on any atom is -0.473 e. The molecule has 0 spiro atoms. The molecule has 2 aliphatic carbocycles. The first kappa shape index (κ1) is 19.5. The lowest BCUT2D eigenvalue weighted by molar-refractivity contribution is -0.159. The van der Waals surface area contributed by atoms with E-state index in [9.17, 15) is 13.6 Å². The van der Waals surface area contributed by atoms with E-state index < -0.39 is 23.6 Å². The molecule has 7 nitrogen and oxygen atoms in total. The van der Waals surface area contributed by atoms with Crippen LogP contribution in [0.4, 0.5) is 14.5 Å². The topological polar surface area (TPSA) is 116 Å². The Kier molecular flexibility index (Phi) is 6.40. The van der Waals surface area contributed by atoms with Crippen LogP contribution in [0.2, 0.25) is 0 Å². The molecule has 26 heavy (non-hydrogen) atoms. The van der Waals surface area contributed by atoms with Crippen molar-refractivity contribution in [3.05, 3.63) is 42.0 Å². The average molecular weight is 368 g/mol. The van der Waals surface area contributed by atoms with Crippen LogP contribution in [0.25, 0.3) is 0 Å². The number of carboxylic acid groups (broad SMARTS) is 2. The van der Waals surface area contributed by atoms with Crippen LogP contribution in [0, 0.1) is 23.5 Å². The molecule has 1 aromatic carbocycles. The molecule has 1 saturated carbocycles. The van der Waals surface area contributed by atoms with Gasteiger partial charge in [-0.15, -0.1) is 0 Å². The number of nitrogens with one attached hydrogen (secondary N) is 2. The molecular weight excluding hydrogens is 350 g/mol. The zero-order valence-electron chi connectivity index (χ0n) is 13.6. The summed E-state index contributed by atoms with van der Waals surface area (Å²) in [4.78, 5) is 29.9. The lowest BCUT2D eigenvalue weighted by Crippen LogP contribution is -2.50. The fourth-order valence-corrected chi connectivity index (χ4v) is 2.95. The molecule has 0 bridgehead atoms. The normalized spacial score (nSPS) is 22.5. The number of aliphatic carboxylic acids is 2. The van der Waals surface area contributed by atoms with Crippen LogP contribution in [0.1, 0.15) is 12.8 Å². The van der Waals surface area contributed by atoms with Gasteiger partial charge in [0.15, 0.2) is 11.6 Å². The maximum atomic E-state index is 13.0. The number of carbonyl (C=O) groups excluding carboxylic acids is 1. The molecular formula is C17H18F2N2O5. The van der Waals surface area contributed by atoms with Crippen LogP contribution in [-0.2, 0) is 14.4 Å². The van der Waals surface area contributed by atoms with Crippen LogP contribution in [0.15, 0.2) is 30.4 Å². The second kappa shape index (κ2) is 8.52. The first-order valence-electron chi connectivity index (χ1n) is 7.89. The minimum atomic E-state index is -1.82. The van der Waals surface area contributed by atoms with E-state index in [2.05, 4.69) is 22.8 Å². The van der Waals surface area contributed by atoms with E-state index in [0.29, 0.717) is 12.0 Å². The molecule has 0 aromatic heterocycles. The zero-order chi connectivity index (χ0) is 19.3. The molecule has 3 rings (SSSR count). The van der Waals surface area contributed by atoms with Crippen LogP contribution < -0.4 is 10.6 Å². The largest absolute Gasteiger partial charge is 0.473 e. The summed E-state index contributed by atoms with van der Waals surface area (Å²) in [6, 6.07) is 3.68. The lowest BCUT2D eigenvalue weighted by atomic mass is 9.71. The Bertz CT molecular complexity index is 726. The third-order valence-corrected chi connectivity index (χ3v) is 4.27. The Morgan fingerprint density at radius 3 is 2.38 bits per heavy atom. The molecule has 0 heterocycles. The van der Waals surface area contributed by atoms with Crippen LogP contribution in [-0.4, -0.2) is 40.6 Å². The summed E-state index contributed by atoms with van der Waals surface area (Å²) in [5, 5.41) is 20.5. The van der Waals surface area contributed by atoms with E-state index in [1.54, 1.807) is 0 Å². The van der Waals surface area contributed by atoms with Gasteiger partial charge in [-0.25, -0.2) is 18.4 Å². The van der Waals surface area contributed by atoms with Crippen molar-refractivity contribution in [3.8, 4) is 0 Å². The molecule has 9 heteroatoms.